The smallest absolute Gasteiger partial charge is 1.00 e. The molecule has 0 aliphatic heterocycles. The molecule has 0 amide bonds. The number of hydrogen-bond acceptors (Lipinski definition) is 3. The third-order valence-corrected chi connectivity index (χ3v) is 7.09. The molecular formula is C26H47NaO3S. The van der Waals surface area contributed by atoms with Crippen LogP contribution in [0, 0.1) is 0 Å². The zero-order valence-corrected chi connectivity index (χ0v) is 23.3. The predicted molar refractivity (Wildman–Crippen MR) is 129 cm³/mol. The predicted octanol–water partition coefficient (Wildman–Crippen LogP) is 5.55. The average molecular weight is 463 g/mol. The molecule has 0 spiro atoms. The van der Waals surface area contributed by atoms with Crippen LogP contribution in [0.25, 0.3) is 0 Å². The summed E-state index contributed by atoms with van der Waals surface area (Å²) in [7, 11) is -3.58. The van der Waals surface area contributed by atoms with Gasteiger partial charge in [0.2, 0.25) is 0 Å². The summed E-state index contributed by atoms with van der Waals surface area (Å²) < 4.78 is 29.1. The van der Waals surface area contributed by atoms with E-state index in [4.69, 9.17) is 4.18 Å². The first-order valence-electron chi connectivity index (χ1n) is 12.6. The maximum atomic E-state index is 12.0. The van der Waals surface area contributed by atoms with Gasteiger partial charge in [0.25, 0.3) is 10.1 Å². The Morgan fingerprint density at radius 1 is 0.613 bits per heavy atom. The molecule has 0 saturated carbocycles. The zero-order valence-electron chi connectivity index (χ0n) is 21.5. The van der Waals surface area contributed by atoms with E-state index >= 15 is 0 Å². The molecule has 0 heterocycles. The van der Waals surface area contributed by atoms with Crippen LogP contribution in [-0.2, 0) is 14.3 Å². The minimum absolute atomic E-state index is 0. The second-order valence-corrected chi connectivity index (χ2v) is 10.2. The van der Waals surface area contributed by atoms with E-state index in [1.807, 2.05) is 0 Å². The normalized spacial score (nSPS) is 11.4. The summed E-state index contributed by atoms with van der Waals surface area (Å²) in [4.78, 5) is 0.243. The zero-order chi connectivity index (χ0) is 21.8. The number of benzene rings is 1. The Morgan fingerprint density at radius 3 is 1.35 bits per heavy atom. The van der Waals surface area contributed by atoms with Gasteiger partial charge in [-0.2, -0.15) is 8.42 Å². The van der Waals surface area contributed by atoms with Gasteiger partial charge in [0.1, 0.15) is 0 Å². The minimum Gasteiger partial charge on any atom is -1.00 e. The number of unbranched alkanes of at least 4 members (excludes halogenated alkanes) is 17. The van der Waals surface area contributed by atoms with Crippen LogP contribution in [0.2, 0.25) is 0 Å². The van der Waals surface area contributed by atoms with E-state index in [9.17, 15) is 8.42 Å². The van der Waals surface area contributed by atoms with Gasteiger partial charge in [0, 0.05) is 0 Å². The first-order chi connectivity index (χ1) is 14.7. The molecule has 176 valence electrons. The third-order valence-electron chi connectivity index (χ3n) is 5.77. The Hall–Kier alpha value is 0.130. The van der Waals surface area contributed by atoms with Crippen molar-refractivity contribution in [1.29, 1.82) is 0 Å². The topological polar surface area (TPSA) is 43.4 Å². The fraction of sp³-hybridized carbons (Fsp3) is 0.769. The van der Waals surface area contributed by atoms with Gasteiger partial charge < -0.3 is 1.43 Å². The molecular weight excluding hydrogens is 415 g/mol. The van der Waals surface area contributed by atoms with E-state index < -0.39 is 10.1 Å². The van der Waals surface area contributed by atoms with Crippen LogP contribution in [0.15, 0.2) is 35.2 Å². The molecule has 0 aliphatic carbocycles. The molecule has 0 bridgehead atoms. The van der Waals surface area contributed by atoms with Crippen LogP contribution in [-0.4, -0.2) is 15.0 Å². The van der Waals surface area contributed by atoms with Crippen LogP contribution < -0.4 is 29.6 Å². The Balaban J connectivity index is 0. The van der Waals surface area contributed by atoms with Crippen molar-refractivity contribution >= 4 is 10.1 Å². The summed E-state index contributed by atoms with van der Waals surface area (Å²) in [6, 6.07) is 8.38. The summed E-state index contributed by atoms with van der Waals surface area (Å²) in [5, 5.41) is 0. The van der Waals surface area contributed by atoms with Gasteiger partial charge in [-0.15, -0.1) is 0 Å². The number of hydrogen-bond donors (Lipinski definition) is 0. The van der Waals surface area contributed by atoms with Crippen molar-refractivity contribution in [2.75, 3.05) is 6.61 Å². The van der Waals surface area contributed by atoms with Gasteiger partial charge in [-0.25, -0.2) is 0 Å². The van der Waals surface area contributed by atoms with Gasteiger partial charge in [0.05, 0.1) is 11.5 Å². The fourth-order valence-electron chi connectivity index (χ4n) is 3.83. The van der Waals surface area contributed by atoms with Gasteiger partial charge in [-0.3, -0.25) is 4.18 Å². The van der Waals surface area contributed by atoms with Gasteiger partial charge in [-0.1, -0.05) is 134 Å². The van der Waals surface area contributed by atoms with E-state index in [-0.39, 0.29) is 42.5 Å². The monoisotopic (exact) mass is 462 g/mol. The van der Waals surface area contributed by atoms with Gasteiger partial charge in [0.15, 0.2) is 0 Å². The molecule has 0 fully saturated rings. The van der Waals surface area contributed by atoms with Crippen LogP contribution >= 0.6 is 0 Å². The molecule has 5 heteroatoms. The average Bonchev–Trinajstić information content (AvgIpc) is 2.76. The SMILES string of the molecule is CCCCCCCCCCCCCCCCCCCCOS(=O)(=O)c1ccccc1.[H-].[Na+]. The standard InChI is InChI=1S/C26H46O3S.Na.H/c1-2-3-4-5-6-7-8-9-10-11-12-13-14-15-16-17-18-22-25-29-30(27,28)26-23-20-19-21-24-26;;/h19-21,23-24H,2-18,22,25H2,1H3;;/q;+1;-1. The summed E-state index contributed by atoms with van der Waals surface area (Å²) >= 11 is 0. The first-order valence-corrected chi connectivity index (χ1v) is 14.0. The maximum absolute atomic E-state index is 12.0. The molecule has 0 aromatic heterocycles. The Labute approximate surface area is 217 Å². The van der Waals surface area contributed by atoms with Crippen LogP contribution in [0.4, 0.5) is 0 Å². The number of rotatable bonds is 21. The molecule has 31 heavy (non-hydrogen) atoms. The molecule has 0 atom stereocenters. The van der Waals surface area contributed by atoms with Gasteiger partial charge >= 0.3 is 29.6 Å². The fourth-order valence-corrected chi connectivity index (χ4v) is 4.79. The van der Waals surface area contributed by atoms with E-state index in [1.54, 1.807) is 30.3 Å². The van der Waals surface area contributed by atoms with Crippen molar-refractivity contribution in [2.24, 2.45) is 0 Å². The largest absolute Gasteiger partial charge is 1.00 e. The Morgan fingerprint density at radius 2 is 0.968 bits per heavy atom. The molecule has 0 unspecified atom stereocenters. The van der Waals surface area contributed by atoms with Crippen molar-refractivity contribution in [1.82, 2.24) is 0 Å². The summed E-state index contributed by atoms with van der Waals surface area (Å²) in [5.74, 6) is 0. The van der Waals surface area contributed by atoms with Crippen molar-refractivity contribution < 1.29 is 43.6 Å². The molecule has 0 N–H and O–H groups in total. The quantitative estimate of drug-likeness (QED) is 0.137. The molecule has 0 saturated heterocycles. The molecule has 0 aliphatic rings. The Kier molecular flexibility index (Phi) is 22.0. The summed E-state index contributed by atoms with van der Waals surface area (Å²) in [6.07, 6.45) is 23.9. The second-order valence-electron chi connectivity index (χ2n) is 8.60. The third kappa shape index (κ3) is 18.3. The maximum Gasteiger partial charge on any atom is 1.00 e. The van der Waals surface area contributed by atoms with E-state index in [2.05, 4.69) is 6.92 Å². The van der Waals surface area contributed by atoms with Gasteiger partial charge in [-0.05, 0) is 18.6 Å². The molecule has 1 aromatic rings. The first kappa shape index (κ1) is 31.1. The van der Waals surface area contributed by atoms with E-state index in [0.717, 1.165) is 12.8 Å². The van der Waals surface area contributed by atoms with Crippen molar-refractivity contribution in [3.05, 3.63) is 30.3 Å². The van der Waals surface area contributed by atoms with Crippen molar-refractivity contribution in [3.63, 3.8) is 0 Å². The van der Waals surface area contributed by atoms with Crippen molar-refractivity contribution in [3.8, 4) is 0 Å². The summed E-state index contributed by atoms with van der Waals surface area (Å²) in [6.45, 7) is 2.57. The minimum atomic E-state index is -3.58. The van der Waals surface area contributed by atoms with Crippen molar-refractivity contribution in [2.45, 2.75) is 127 Å². The van der Waals surface area contributed by atoms with Crippen LogP contribution in [0.3, 0.4) is 0 Å². The molecule has 0 radical (unpaired) electrons. The molecule has 1 rings (SSSR count). The Bertz CT molecular complexity index is 596. The second kappa shape index (κ2) is 21.9. The molecule has 1 aromatic carbocycles. The molecule has 3 nitrogen and oxygen atoms in total. The van der Waals surface area contributed by atoms with Crippen LogP contribution in [0.1, 0.15) is 124 Å². The van der Waals surface area contributed by atoms with E-state index in [1.165, 1.54) is 103 Å². The van der Waals surface area contributed by atoms with Crippen LogP contribution in [0.5, 0.6) is 0 Å². The summed E-state index contributed by atoms with van der Waals surface area (Å²) in [5.41, 5.74) is 0. The van der Waals surface area contributed by atoms with E-state index in [0.29, 0.717) is 0 Å².